The maximum absolute atomic E-state index is 11.6. The minimum atomic E-state index is 0.0488. The van der Waals surface area contributed by atoms with E-state index in [0.717, 1.165) is 5.69 Å². The van der Waals surface area contributed by atoms with Gasteiger partial charge in [0.1, 0.15) is 0 Å². The Labute approximate surface area is 99.2 Å². The second kappa shape index (κ2) is 4.25. The number of nitrogens with zero attached hydrogens (tertiary/aromatic N) is 1. The van der Waals surface area contributed by atoms with Gasteiger partial charge in [-0.3, -0.25) is 4.79 Å². The summed E-state index contributed by atoms with van der Waals surface area (Å²) in [5.74, 6) is 0.487. The van der Waals surface area contributed by atoms with Crippen molar-refractivity contribution in [1.29, 1.82) is 0 Å². The third-order valence-corrected chi connectivity index (χ3v) is 2.93. The number of amides is 1. The fraction of sp³-hybridized carbons (Fsp3) is 0.364. The molecule has 1 saturated heterocycles. The zero-order valence-corrected chi connectivity index (χ0v) is 9.78. The van der Waals surface area contributed by atoms with Gasteiger partial charge in [-0.1, -0.05) is 0 Å². The Kier molecular flexibility index (Phi) is 2.96. The molecule has 1 atom stereocenters. The Balaban J connectivity index is 2.30. The number of anilines is 1. The Hall–Kier alpha value is -1.36. The van der Waals surface area contributed by atoms with Crippen LogP contribution in [0.1, 0.15) is 6.42 Å². The highest BCUT2D eigenvalue weighted by Gasteiger charge is 2.28. The predicted octanol–water partition coefficient (Wildman–Crippen LogP) is 1.44. The Bertz CT molecular complexity index is 422. The molecule has 0 aliphatic carbocycles. The van der Waals surface area contributed by atoms with Crippen LogP contribution >= 0.6 is 12.6 Å². The number of hydrogen-bond acceptors (Lipinski definition) is 4. The number of aromatic hydroxyl groups is 1. The van der Waals surface area contributed by atoms with Crippen LogP contribution in [0.4, 0.5) is 5.69 Å². The molecule has 4 nitrogen and oxygen atoms in total. The van der Waals surface area contributed by atoms with Crippen molar-refractivity contribution in [3.05, 3.63) is 18.2 Å². The highest BCUT2D eigenvalue weighted by molar-refractivity contribution is 7.81. The molecule has 1 amide bonds. The second-order valence-electron chi connectivity index (χ2n) is 3.72. The molecule has 0 saturated carbocycles. The standard InChI is InChI=1S/C11H13NO3S/c1-15-10-4-7(2-3-9(10)13)12-6-8(16)5-11(12)14/h2-4,8,13,16H,5-6H2,1H3. The van der Waals surface area contributed by atoms with Gasteiger partial charge in [-0.2, -0.15) is 12.6 Å². The van der Waals surface area contributed by atoms with E-state index in [0.29, 0.717) is 18.7 Å². The van der Waals surface area contributed by atoms with E-state index in [4.69, 9.17) is 4.74 Å². The highest BCUT2D eigenvalue weighted by Crippen LogP contribution is 2.32. The maximum Gasteiger partial charge on any atom is 0.228 e. The van der Waals surface area contributed by atoms with E-state index in [2.05, 4.69) is 12.6 Å². The number of thiol groups is 1. The van der Waals surface area contributed by atoms with Crippen LogP contribution in [0.25, 0.3) is 0 Å². The molecule has 1 unspecified atom stereocenters. The number of phenols is 1. The van der Waals surface area contributed by atoms with Gasteiger partial charge in [-0.15, -0.1) is 0 Å². The van der Waals surface area contributed by atoms with Crippen LogP contribution in [0, 0.1) is 0 Å². The average Bonchev–Trinajstić information content (AvgIpc) is 2.59. The highest BCUT2D eigenvalue weighted by atomic mass is 32.1. The van der Waals surface area contributed by atoms with Crippen LogP contribution in [0.5, 0.6) is 11.5 Å². The van der Waals surface area contributed by atoms with Crippen molar-refractivity contribution in [3.63, 3.8) is 0 Å². The van der Waals surface area contributed by atoms with Crippen molar-refractivity contribution in [1.82, 2.24) is 0 Å². The number of carbonyl (C=O) groups is 1. The normalized spacial score (nSPS) is 20.2. The molecule has 1 heterocycles. The summed E-state index contributed by atoms with van der Waals surface area (Å²) in [5, 5.41) is 9.53. The fourth-order valence-corrected chi connectivity index (χ4v) is 2.09. The van der Waals surface area contributed by atoms with Crippen molar-refractivity contribution < 1.29 is 14.6 Å². The van der Waals surface area contributed by atoms with E-state index in [-0.39, 0.29) is 16.9 Å². The lowest BCUT2D eigenvalue weighted by molar-refractivity contribution is -0.117. The van der Waals surface area contributed by atoms with Crippen LogP contribution < -0.4 is 9.64 Å². The summed E-state index contributed by atoms with van der Waals surface area (Å²) >= 11 is 4.29. The summed E-state index contributed by atoms with van der Waals surface area (Å²) in [4.78, 5) is 13.3. The zero-order chi connectivity index (χ0) is 11.7. The summed E-state index contributed by atoms with van der Waals surface area (Å²) in [5.41, 5.74) is 0.733. The van der Waals surface area contributed by atoms with Gasteiger partial charge in [-0.05, 0) is 12.1 Å². The number of rotatable bonds is 2. The first kappa shape index (κ1) is 11.1. The minimum Gasteiger partial charge on any atom is -0.504 e. The van der Waals surface area contributed by atoms with E-state index in [1.165, 1.54) is 13.2 Å². The van der Waals surface area contributed by atoms with Crippen LogP contribution in [0.15, 0.2) is 18.2 Å². The van der Waals surface area contributed by atoms with Gasteiger partial charge in [0.25, 0.3) is 0 Å². The zero-order valence-electron chi connectivity index (χ0n) is 8.88. The van der Waals surface area contributed by atoms with Gasteiger partial charge in [-0.25, -0.2) is 0 Å². The van der Waals surface area contributed by atoms with Crippen LogP contribution in [0.2, 0.25) is 0 Å². The maximum atomic E-state index is 11.6. The molecule has 16 heavy (non-hydrogen) atoms. The predicted molar refractivity (Wildman–Crippen MR) is 64.4 cm³/mol. The number of ether oxygens (including phenoxy) is 1. The fourth-order valence-electron chi connectivity index (χ4n) is 1.77. The largest absolute Gasteiger partial charge is 0.504 e. The van der Waals surface area contributed by atoms with E-state index in [9.17, 15) is 9.90 Å². The summed E-state index contributed by atoms with van der Waals surface area (Å²) < 4.78 is 5.00. The molecule has 1 aromatic carbocycles. The Morgan fingerprint density at radius 3 is 2.88 bits per heavy atom. The van der Waals surface area contributed by atoms with Crippen molar-refractivity contribution in [3.8, 4) is 11.5 Å². The topological polar surface area (TPSA) is 49.8 Å². The molecule has 86 valence electrons. The number of carbonyl (C=O) groups excluding carboxylic acids is 1. The van der Waals surface area contributed by atoms with E-state index < -0.39 is 0 Å². The first-order valence-electron chi connectivity index (χ1n) is 4.97. The minimum absolute atomic E-state index is 0.0488. The van der Waals surface area contributed by atoms with E-state index in [1.807, 2.05) is 0 Å². The lowest BCUT2D eigenvalue weighted by Gasteiger charge is -2.17. The van der Waals surface area contributed by atoms with Gasteiger partial charge in [0.2, 0.25) is 5.91 Å². The van der Waals surface area contributed by atoms with Gasteiger partial charge < -0.3 is 14.7 Å². The second-order valence-corrected chi connectivity index (χ2v) is 4.45. The molecule has 2 rings (SSSR count). The molecule has 0 bridgehead atoms. The summed E-state index contributed by atoms with van der Waals surface area (Å²) in [7, 11) is 1.48. The number of hydrogen-bond donors (Lipinski definition) is 2. The molecule has 0 aromatic heterocycles. The van der Waals surface area contributed by atoms with E-state index in [1.54, 1.807) is 17.0 Å². The quantitative estimate of drug-likeness (QED) is 0.768. The van der Waals surface area contributed by atoms with E-state index >= 15 is 0 Å². The average molecular weight is 239 g/mol. The summed E-state index contributed by atoms with van der Waals surface area (Å²) in [6.45, 7) is 0.593. The van der Waals surface area contributed by atoms with Gasteiger partial charge in [0.05, 0.1) is 7.11 Å². The van der Waals surface area contributed by atoms with Crippen LogP contribution in [0.3, 0.4) is 0 Å². The molecular weight excluding hydrogens is 226 g/mol. The molecule has 5 heteroatoms. The monoisotopic (exact) mass is 239 g/mol. The molecule has 1 N–H and O–H groups in total. The smallest absolute Gasteiger partial charge is 0.228 e. The van der Waals surface area contributed by atoms with Crippen molar-refractivity contribution in [2.75, 3.05) is 18.6 Å². The SMILES string of the molecule is COc1cc(N2CC(S)CC2=O)ccc1O. The lowest BCUT2D eigenvalue weighted by Crippen LogP contribution is -2.24. The van der Waals surface area contributed by atoms with Crippen molar-refractivity contribution >= 4 is 24.2 Å². The van der Waals surface area contributed by atoms with Crippen LogP contribution in [-0.4, -0.2) is 29.9 Å². The summed E-state index contributed by atoms with van der Waals surface area (Å²) in [6, 6.07) is 4.87. The van der Waals surface area contributed by atoms with Crippen LogP contribution in [-0.2, 0) is 4.79 Å². The molecule has 1 fully saturated rings. The molecule has 1 aliphatic rings. The third kappa shape index (κ3) is 1.95. The molecule has 1 aromatic rings. The first-order valence-corrected chi connectivity index (χ1v) is 5.49. The van der Waals surface area contributed by atoms with Gasteiger partial charge in [0, 0.05) is 30.0 Å². The number of benzene rings is 1. The summed E-state index contributed by atoms with van der Waals surface area (Å²) in [6.07, 6.45) is 0.451. The Morgan fingerprint density at radius 1 is 1.56 bits per heavy atom. The molecule has 0 radical (unpaired) electrons. The van der Waals surface area contributed by atoms with Crippen molar-refractivity contribution in [2.24, 2.45) is 0 Å². The number of methoxy groups -OCH3 is 1. The molecule has 0 spiro atoms. The lowest BCUT2D eigenvalue weighted by atomic mass is 10.2. The third-order valence-electron chi connectivity index (χ3n) is 2.58. The van der Waals surface area contributed by atoms with Gasteiger partial charge >= 0.3 is 0 Å². The first-order chi connectivity index (χ1) is 7.61. The molecular formula is C11H13NO3S. The van der Waals surface area contributed by atoms with Gasteiger partial charge in [0.15, 0.2) is 11.5 Å². The van der Waals surface area contributed by atoms with Crippen molar-refractivity contribution in [2.45, 2.75) is 11.7 Å². The molecule has 1 aliphatic heterocycles. The number of phenolic OH excluding ortho intramolecular Hbond substituents is 1. The Morgan fingerprint density at radius 2 is 2.31 bits per heavy atom.